The second kappa shape index (κ2) is 6.66. The number of anilines is 1. The van der Waals surface area contributed by atoms with Gasteiger partial charge in [0.2, 0.25) is 5.91 Å². The summed E-state index contributed by atoms with van der Waals surface area (Å²) >= 11 is 6.00. The van der Waals surface area contributed by atoms with Crippen molar-refractivity contribution in [1.82, 2.24) is 10.9 Å². The van der Waals surface area contributed by atoms with Crippen molar-refractivity contribution in [3.63, 3.8) is 0 Å². The monoisotopic (exact) mass is 333 g/mol. The number of aryl methyl sites for hydroxylation is 1. The van der Waals surface area contributed by atoms with E-state index in [0.717, 1.165) is 5.56 Å². The minimum Gasteiger partial charge on any atom is -0.325 e. The lowest BCUT2D eigenvalue weighted by molar-refractivity contribution is -0.117. The highest BCUT2D eigenvalue weighted by Crippen LogP contribution is 2.25. The van der Waals surface area contributed by atoms with E-state index < -0.39 is 0 Å². The van der Waals surface area contributed by atoms with Gasteiger partial charge in [-0.3, -0.25) is 4.79 Å². The molecule has 2 aromatic carbocycles. The number of hydrazine groups is 1. The Morgan fingerprint density at radius 2 is 2.09 bits per heavy atom. The molecule has 0 radical (unpaired) electrons. The summed E-state index contributed by atoms with van der Waals surface area (Å²) in [5.74, 6) is -0.447. The standard InChI is InChI=1S/C17H17ClFN3O/c1-10-7-13(5-6-14(10)19)20-17(23)16-9-15(21-22-16)11-3-2-4-12(18)8-11/h2-8,15-16,21-22H,9H2,1H3,(H,20,23). The number of hydrogen-bond acceptors (Lipinski definition) is 3. The molecule has 0 aliphatic carbocycles. The summed E-state index contributed by atoms with van der Waals surface area (Å²) < 4.78 is 13.3. The highest BCUT2D eigenvalue weighted by molar-refractivity contribution is 6.30. The number of amides is 1. The van der Waals surface area contributed by atoms with E-state index in [-0.39, 0.29) is 23.8 Å². The van der Waals surface area contributed by atoms with Gasteiger partial charge in [0.1, 0.15) is 11.9 Å². The van der Waals surface area contributed by atoms with Crippen molar-refractivity contribution in [2.24, 2.45) is 0 Å². The molecule has 1 aliphatic heterocycles. The molecule has 23 heavy (non-hydrogen) atoms. The van der Waals surface area contributed by atoms with Crippen LogP contribution in [0.1, 0.15) is 23.6 Å². The van der Waals surface area contributed by atoms with E-state index in [1.807, 2.05) is 24.3 Å². The average Bonchev–Trinajstić information content (AvgIpc) is 3.01. The Morgan fingerprint density at radius 3 is 2.83 bits per heavy atom. The van der Waals surface area contributed by atoms with Crippen molar-refractivity contribution in [1.29, 1.82) is 0 Å². The quantitative estimate of drug-likeness (QED) is 0.807. The van der Waals surface area contributed by atoms with Crippen LogP contribution in [0.4, 0.5) is 10.1 Å². The lowest BCUT2D eigenvalue weighted by Crippen LogP contribution is -2.39. The Balaban J connectivity index is 1.64. The van der Waals surface area contributed by atoms with Crippen LogP contribution in [0.25, 0.3) is 0 Å². The first-order valence-corrected chi connectivity index (χ1v) is 7.74. The largest absolute Gasteiger partial charge is 0.325 e. The van der Waals surface area contributed by atoms with Crippen LogP contribution in [0.5, 0.6) is 0 Å². The first-order chi connectivity index (χ1) is 11.0. The SMILES string of the molecule is Cc1cc(NC(=O)C2CC(c3cccc(Cl)c3)NN2)ccc1F. The van der Waals surface area contributed by atoms with E-state index in [4.69, 9.17) is 11.6 Å². The van der Waals surface area contributed by atoms with Crippen LogP contribution in [0.15, 0.2) is 42.5 Å². The molecule has 0 spiro atoms. The highest BCUT2D eigenvalue weighted by atomic mass is 35.5. The molecule has 4 nitrogen and oxygen atoms in total. The Labute approximate surface area is 139 Å². The molecule has 3 rings (SSSR count). The van der Waals surface area contributed by atoms with Crippen molar-refractivity contribution in [3.8, 4) is 0 Å². The molecule has 2 atom stereocenters. The molecule has 0 bridgehead atoms. The summed E-state index contributed by atoms with van der Waals surface area (Å²) in [4.78, 5) is 12.3. The predicted octanol–water partition coefficient (Wildman–Crippen LogP) is 3.33. The van der Waals surface area contributed by atoms with Gasteiger partial charge in [-0.25, -0.2) is 15.2 Å². The number of carbonyl (C=O) groups excluding carboxylic acids is 1. The molecule has 120 valence electrons. The smallest absolute Gasteiger partial charge is 0.242 e. The minimum atomic E-state index is -0.371. The Kier molecular flexibility index (Phi) is 4.61. The van der Waals surface area contributed by atoms with Gasteiger partial charge in [0.05, 0.1) is 0 Å². The fraction of sp³-hybridized carbons (Fsp3) is 0.235. The van der Waals surface area contributed by atoms with Crippen LogP contribution in [-0.2, 0) is 4.79 Å². The first kappa shape index (κ1) is 15.9. The van der Waals surface area contributed by atoms with E-state index in [1.165, 1.54) is 6.07 Å². The lowest BCUT2D eigenvalue weighted by atomic mass is 10.0. The second-order valence-electron chi connectivity index (χ2n) is 5.64. The van der Waals surface area contributed by atoms with Crippen molar-refractivity contribution in [2.75, 3.05) is 5.32 Å². The van der Waals surface area contributed by atoms with E-state index in [0.29, 0.717) is 22.7 Å². The van der Waals surface area contributed by atoms with E-state index in [1.54, 1.807) is 19.1 Å². The molecule has 0 aromatic heterocycles. The molecule has 2 unspecified atom stereocenters. The predicted molar refractivity (Wildman–Crippen MR) is 88.6 cm³/mol. The van der Waals surface area contributed by atoms with Crippen LogP contribution >= 0.6 is 11.6 Å². The molecular weight excluding hydrogens is 317 g/mol. The van der Waals surface area contributed by atoms with Crippen LogP contribution in [0, 0.1) is 12.7 Å². The molecule has 1 fully saturated rings. The van der Waals surface area contributed by atoms with Gasteiger partial charge in [-0.05, 0) is 54.8 Å². The third kappa shape index (κ3) is 3.69. The summed E-state index contributed by atoms with van der Waals surface area (Å²) in [5, 5.41) is 3.47. The summed E-state index contributed by atoms with van der Waals surface area (Å²) in [7, 11) is 0. The molecule has 0 saturated carbocycles. The first-order valence-electron chi connectivity index (χ1n) is 7.36. The third-order valence-electron chi connectivity index (χ3n) is 3.90. The zero-order valence-corrected chi connectivity index (χ0v) is 13.3. The molecule has 1 aliphatic rings. The van der Waals surface area contributed by atoms with Crippen molar-refractivity contribution in [3.05, 3.63) is 64.4 Å². The van der Waals surface area contributed by atoms with Gasteiger partial charge < -0.3 is 5.32 Å². The molecule has 3 N–H and O–H groups in total. The topological polar surface area (TPSA) is 53.2 Å². The molecule has 6 heteroatoms. The summed E-state index contributed by atoms with van der Waals surface area (Å²) in [5.41, 5.74) is 8.21. The maximum Gasteiger partial charge on any atom is 0.242 e. The molecule has 2 aromatic rings. The molecule has 1 heterocycles. The molecule has 1 saturated heterocycles. The summed E-state index contributed by atoms with van der Waals surface area (Å²) in [6, 6.07) is 11.7. The number of benzene rings is 2. The maximum absolute atomic E-state index is 13.3. The lowest BCUT2D eigenvalue weighted by Gasteiger charge is -2.11. The zero-order valence-electron chi connectivity index (χ0n) is 12.6. The summed E-state index contributed by atoms with van der Waals surface area (Å²) in [6.45, 7) is 1.66. The number of nitrogens with one attached hydrogen (secondary N) is 3. The second-order valence-corrected chi connectivity index (χ2v) is 6.07. The Bertz CT molecular complexity index is 738. The van der Waals surface area contributed by atoms with E-state index >= 15 is 0 Å². The van der Waals surface area contributed by atoms with Gasteiger partial charge in [0, 0.05) is 16.8 Å². The van der Waals surface area contributed by atoms with Gasteiger partial charge in [0.15, 0.2) is 0 Å². The van der Waals surface area contributed by atoms with Crippen LogP contribution < -0.4 is 16.2 Å². The van der Waals surface area contributed by atoms with Crippen molar-refractivity contribution in [2.45, 2.75) is 25.4 Å². The fourth-order valence-electron chi connectivity index (χ4n) is 2.62. The highest BCUT2D eigenvalue weighted by Gasteiger charge is 2.30. The van der Waals surface area contributed by atoms with E-state index in [2.05, 4.69) is 16.2 Å². The number of hydrogen-bond donors (Lipinski definition) is 3. The average molecular weight is 334 g/mol. The van der Waals surface area contributed by atoms with Gasteiger partial charge >= 0.3 is 0 Å². The van der Waals surface area contributed by atoms with Crippen molar-refractivity contribution >= 4 is 23.2 Å². The van der Waals surface area contributed by atoms with Crippen molar-refractivity contribution < 1.29 is 9.18 Å². The van der Waals surface area contributed by atoms with E-state index in [9.17, 15) is 9.18 Å². The minimum absolute atomic E-state index is 0.0133. The van der Waals surface area contributed by atoms with Gasteiger partial charge in [-0.1, -0.05) is 23.7 Å². The molecule has 1 amide bonds. The maximum atomic E-state index is 13.3. The molecular formula is C17H17ClFN3O. The zero-order chi connectivity index (χ0) is 16.4. The Hall–Kier alpha value is -1.95. The number of carbonyl (C=O) groups is 1. The summed E-state index contributed by atoms with van der Waals surface area (Å²) in [6.07, 6.45) is 0.604. The third-order valence-corrected chi connectivity index (χ3v) is 4.13. The van der Waals surface area contributed by atoms with Gasteiger partial charge in [-0.2, -0.15) is 0 Å². The fourth-order valence-corrected chi connectivity index (χ4v) is 2.82. The normalized spacial score (nSPS) is 20.5. The van der Waals surface area contributed by atoms with Crippen LogP contribution in [0.2, 0.25) is 5.02 Å². The van der Waals surface area contributed by atoms with Crippen LogP contribution in [0.3, 0.4) is 0 Å². The van der Waals surface area contributed by atoms with Crippen LogP contribution in [-0.4, -0.2) is 11.9 Å². The number of halogens is 2. The Morgan fingerprint density at radius 1 is 1.26 bits per heavy atom. The van der Waals surface area contributed by atoms with Gasteiger partial charge in [-0.15, -0.1) is 0 Å². The van der Waals surface area contributed by atoms with Gasteiger partial charge in [0.25, 0.3) is 0 Å². The number of rotatable bonds is 3.